The molecule has 1 aromatic rings. The minimum Gasteiger partial charge on any atom is -0.457 e. The Labute approximate surface area is 207 Å². The zero-order chi connectivity index (χ0) is 24.8. The van der Waals surface area contributed by atoms with E-state index in [0.717, 1.165) is 22.7 Å². The van der Waals surface area contributed by atoms with E-state index in [9.17, 15) is 15.0 Å². The minimum absolute atomic E-state index is 0.00870. The summed E-state index contributed by atoms with van der Waals surface area (Å²) < 4.78 is 5.24. The number of aryl methyl sites for hydroxylation is 1. The lowest BCUT2D eigenvalue weighted by atomic mass is 10.00. The monoisotopic (exact) mass is 493 g/mol. The fourth-order valence-corrected chi connectivity index (χ4v) is 5.89. The Morgan fingerprint density at radius 1 is 1.27 bits per heavy atom. The Morgan fingerprint density at radius 3 is 2.61 bits per heavy atom. The quantitative estimate of drug-likeness (QED) is 0.406. The Bertz CT molecular complexity index is 887. The van der Waals surface area contributed by atoms with E-state index in [1.165, 1.54) is 17.3 Å². The van der Waals surface area contributed by atoms with Gasteiger partial charge in [0.25, 0.3) is 0 Å². The van der Waals surface area contributed by atoms with Gasteiger partial charge in [0.15, 0.2) is 0 Å². The van der Waals surface area contributed by atoms with Crippen LogP contribution in [0.4, 0.5) is 0 Å². The van der Waals surface area contributed by atoms with Crippen LogP contribution < -0.4 is 0 Å². The molecular weight excluding hydrogens is 454 g/mol. The topological polar surface area (TPSA) is 79.7 Å². The van der Waals surface area contributed by atoms with Crippen molar-refractivity contribution in [1.82, 2.24) is 4.98 Å². The first kappa shape index (κ1) is 27.8. The van der Waals surface area contributed by atoms with Crippen LogP contribution in [0.5, 0.6) is 0 Å². The molecule has 2 N–H and O–H groups in total. The number of carbonyl (C=O) groups excluding carboxylic acids is 1. The number of rotatable bonds is 2. The molecule has 0 aromatic carbocycles. The number of hydrogen-bond acceptors (Lipinski definition) is 7. The van der Waals surface area contributed by atoms with Gasteiger partial charge in [-0.25, -0.2) is 4.98 Å². The molecule has 0 spiro atoms. The van der Waals surface area contributed by atoms with Gasteiger partial charge in [0.1, 0.15) is 6.10 Å². The zero-order valence-corrected chi connectivity index (χ0v) is 22.5. The number of ether oxygens (including phenoxy) is 1. The number of nitrogens with zero attached hydrogens (tertiary/aromatic N) is 1. The molecule has 184 valence electrons. The second kappa shape index (κ2) is 12.3. The molecule has 0 radical (unpaired) electrons. The van der Waals surface area contributed by atoms with Gasteiger partial charge in [-0.2, -0.15) is 0 Å². The van der Waals surface area contributed by atoms with E-state index in [0.29, 0.717) is 6.42 Å². The van der Waals surface area contributed by atoms with Crippen molar-refractivity contribution in [2.75, 3.05) is 0 Å². The van der Waals surface area contributed by atoms with Gasteiger partial charge in [0.05, 0.1) is 29.3 Å². The lowest BCUT2D eigenvalue weighted by molar-refractivity contribution is -0.149. The maximum absolute atomic E-state index is 12.8. The second-order valence-electron chi connectivity index (χ2n) is 9.57. The van der Waals surface area contributed by atoms with Crippen molar-refractivity contribution >= 4 is 35.1 Å². The van der Waals surface area contributed by atoms with Crippen LogP contribution in [0.1, 0.15) is 71.5 Å². The number of aliphatic hydroxyl groups excluding tert-OH is 2. The first-order valence-corrected chi connectivity index (χ1v) is 13.3. The Morgan fingerprint density at radius 2 is 1.97 bits per heavy atom. The maximum atomic E-state index is 12.8. The van der Waals surface area contributed by atoms with Gasteiger partial charge in [-0.15, -0.1) is 23.1 Å². The molecule has 33 heavy (non-hydrogen) atoms. The van der Waals surface area contributed by atoms with Gasteiger partial charge >= 0.3 is 5.97 Å². The van der Waals surface area contributed by atoms with Gasteiger partial charge in [0.2, 0.25) is 0 Å². The number of aromatic nitrogens is 1. The molecule has 7 heteroatoms. The first-order chi connectivity index (χ1) is 15.4. The largest absolute Gasteiger partial charge is 0.457 e. The van der Waals surface area contributed by atoms with E-state index in [4.69, 9.17) is 4.74 Å². The lowest BCUT2D eigenvalue weighted by Gasteiger charge is -2.35. The number of esters is 1. The number of aliphatic hydroxyl groups is 2. The van der Waals surface area contributed by atoms with Crippen LogP contribution in [-0.2, 0) is 9.53 Å². The number of hydrogen-bond donors (Lipinski definition) is 2. The highest BCUT2D eigenvalue weighted by Gasteiger charge is 2.35. The van der Waals surface area contributed by atoms with Crippen LogP contribution in [0.15, 0.2) is 34.8 Å². The van der Waals surface area contributed by atoms with Crippen molar-refractivity contribution < 1.29 is 19.7 Å². The summed E-state index contributed by atoms with van der Waals surface area (Å²) in [6.07, 6.45) is 7.57. The molecule has 0 aliphatic carbocycles. The van der Waals surface area contributed by atoms with E-state index >= 15 is 0 Å². The summed E-state index contributed by atoms with van der Waals surface area (Å²) in [6.45, 7) is 13.8. The molecule has 2 rings (SSSR count). The fourth-order valence-electron chi connectivity index (χ4n) is 3.74. The van der Waals surface area contributed by atoms with Crippen LogP contribution >= 0.6 is 23.1 Å². The van der Waals surface area contributed by atoms with Gasteiger partial charge < -0.3 is 14.9 Å². The molecule has 0 saturated carbocycles. The normalized spacial score (nSPS) is 33.1. The number of thioether (sulfide) groups is 1. The summed E-state index contributed by atoms with van der Waals surface area (Å²) in [5, 5.41) is 24.5. The molecule has 0 bridgehead atoms. The third-order valence-electron chi connectivity index (χ3n) is 6.03. The van der Waals surface area contributed by atoms with Gasteiger partial charge in [-0.1, -0.05) is 37.6 Å². The average Bonchev–Trinajstić information content (AvgIpc) is 3.13. The molecule has 5 atom stereocenters. The summed E-state index contributed by atoms with van der Waals surface area (Å²) in [4.78, 5) is 17.3. The van der Waals surface area contributed by atoms with Crippen molar-refractivity contribution in [3.8, 4) is 0 Å². The molecule has 1 aliphatic heterocycles. The Hall–Kier alpha value is -1.41. The Balaban J connectivity index is 2.31. The number of cyclic esters (lactones) is 1. The first-order valence-electron chi connectivity index (χ1n) is 11.5. The van der Waals surface area contributed by atoms with Gasteiger partial charge in [-0.05, 0) is 52.7 Å². The zero-order valence-electron chi connectivity index (χ0n) is 20.9. The van der Waals surface area contributed by atoms with Crippen LogP contribution in [0.25, 0.3) is 6.08 Å². The van der Waals surface area contributed by atoms with E-state index < -0.39 is 29.0 Å². The predicted octanol–water partition coefficient (Wildman–Crippen LogP) is 5.71. The molecular formula is C26H39NO4S2. The molecule has 5 nitrogen and oxygen atoms in total. The summed E-state index contributed by atoms with van der Waals surface area (Å²) in [6, 6.07) is 0. The lowest BCUT2D eigenvalue weighted by Crippen LogP contribution is -2.40. The third-order valence-corrected chi connectivity index (χ3v) is 8.35. The highest BCUT2D eigenvalue weighted by Crippen LogP contribution is 2.36. The standard InChI is InChI=1S/C26H39NO4S2/c1-16-9-8-10-17(2)25(30)19(4)33-26(6,7)23(28)14-24(29)31-22(12-11-16)18(3)13-21-15-32-20(5)27-21/h8,10-11,13,15,17,19,22-23,25,28,30H,9,12,14H2,1-7H3/b10-8+,16-11-,18-13+/t17-,19+,22-,23+,25-/m0/s1. The summed E-state index contributed by atoms with van der Waals surface area (Å²) in [5.41, 5.74) is 2.95. The summed E-state index contributed by atoms with van der Waals surface area (Å²) in [7, 11) is 0. The molecule has 0 saturated heterocycles. The highest BCUT2D eigenvalue weighted by atomic mass is 32.2. The molecule has 2 heterocycles. The number of thiazole rings is 1. The van der Waals surface area contributed by atoms with Crippen molar-refractivity contribution in [2.24, 2.45) is 5.92 Å². The fraction of sp³-hybridized carbons (Fsp3) is 0.615. The van der Waals surface area contributed by atoms with Gasteiger partial charge in [0, 0.05) is 27.7 Å². The average molecular weight is 494 g/mol. The van der Waals surface area contributed by atoms with Crippen LogP contribution in [0, 0.1) is 12.8 Å². The number of allylic oxidation sites excluding steroid dienone is 2. The second-order valence-corrected chi connectivity index (χ2v) is 12.7. The van der Waals surface area contributed by atoms with Crippen molar-refractivity contribution in [2.45, 2.75) is 96.0 Å². The Kier molecular flexibility index (Phi) is 10.4. The molecule has 0 fully saturated rings. The predicted molar refractivity (Wildman–Crippen MR) is 139 cm³/mol. The van der Waals surface area contributed by atoms with Crippen molar-refractivity contribution in [1.29, 1.82) is 0 Å². The van der Waals surface area contributed by atoms with Crippen LogP contribution in [0.3, 0.4) is 0 Å². The highest BCUT2D eigenvalue weighted by molar-refractivity contribution is 8.01. The number of carbonyl (C=O) groups is 1. The molecule has 1 aliphatic rings. The molecule has 0 amide bonds. The molecule has 0 unspecified atom stereocenters. The van der Waals surface area contributed by atoms with Crippen LogP contribution in [0.2, 0.25) is 0 Å². The van der Waals surface area contributed by atoms with E-state index in [1.807, 2.05) is 53.0 Å². The maximum Gasteiger partial charge on any atom is 0.309 e. The van der Waals surface area contributed by atoms with Crippen LogP contribution in [-0.4, -0.2) is 49.5 Å². The molecule has 1 aromatic heterocycles. The van der Waals surface area contributed by atoms with E-state index in [1.54, 1.807) is 11.3 Å². The van der Waals surface area contributed by atoms with E-state index in [-0.39, 0.29) is 17.6 Å². The van der Waals surface area contributed by atoms with E-state index in [2.05, 4.69) is 30.1 Å². The summed E-state index contributed by atoms with van der Waals surface area (Å²) >= 11 is 3.08. The smallest absolute Gasteiger partial charge is 0.309 e. The minimum atomic E-state index is -0.896. The summed E-state index contributed by atoms with van der Waals surface area (Å²) in [5.74, 6) is -0.436. The van der Waals surface area contributed by atoms with Gasteiger partial charge in [-0.3, -0.25) is 4.79 Å². The van der Waals surface area contributed by atoms with Crippen molar-refractivity contribution in [3.05, 3.63) is 45.5 Å². The third kappa shape index (κ3) is 8.71. The SMILES string of the molecule is C/C1=C/C[C@@H](/C(C)=C/c2csc(C)n2)OC(=O)C[C@@H](O)C(C)(C)S[C@H](C)[C@@H](O)[C@@H](C)/C=C/C1. The van der Waals surface area contributed by atoms with Crippen molar-refractivity contribution in [3.63, 3.8) is 0 Å².